The Balaban J connectivity index is 1.39. The minimum Gasteiger partial charge on any atom is -0.388 e. The number of rotatable bonds is 7. The van der Waals surface area contributed by atoms with Crippen LogP contribution in [0, 0.1) is 0 Å². The van der Waals surface area contributed by atoms with E-state index in [1.807, 2.05) is 24.3 Å². The van der Waals surface area contributed by atoms with Crippen molar-refractivity contribution in [3.63, 3.8) is 0 Å². The first-order chi connectivity index (χ1) is 15.5. The Morgan fingerprint density at radius 3 is 2.66 bits per heavy atom. The van der Waals surface area contributed by atoms with Crippen LogP contribution in [0.4, 0.5) is 0 Å². The summed E-state index contributed by atoms with van der Waals surface area (Å²) in [5.74, 6) is -0.436. The van der Waals surface area contributed by atoms with Crippen LogP contribution in [0.25, 0.3) is 21.3 Å². The van der Waals surface area contributed by atoms with Gasteiger partial charge in [0, 0.05) is 28.9 Å². The summed E-state index contributed by atoms with van der Waals surface area (Å²) in [7, 11) is 1.56. The first-order valence-electron chi connectivity index (χ1n) is 9.98. The summed E-state index contributed by atoms with van der Waals surface area (Å²) in [4.78, 5) is 25.9. The Bertz CT molecular complexity index is 1270. The fourth-order valence-corrected chi connectivity index (χ4v) is 4.39. The molecule has 0 saturated carbocycles. The van der Waals surface area contributed by atoms with Gasteiger partial charge in [0.05, 0.1) is 16.5 Å². The number of aliphatic hydroxyl groups excluding tert-OH is 1. The molecule has 9 heteroatoms. The number of H-pyrrole nitrogens is 1. The number of hydrogen-bond donors (Lipinski definition) is 4. The van der Waals surface area contributed by atoms with Crippen LogP contribution in [0.3, 0.4) is 0 Å². The lowest BCUT2D eigenvalue weighted by Crippen LogP contribution is -2.24. The van der Waals surface area contributed by atoms with E-state index >= 15 is 0 Å². The molecule has 4 N–H and O–H groups in total. The molecule has 2 heterocycles. The number of amides is 2. The normalized spacial score (nSPS) is 12.0. The first kappa shape index (κ1) is 22.0. The molecular formula is C23H21ClN4O3S. The highest BCUT2D eigenvalue weighted by molar-refractivity contribution is 7.17. The van der Waals surface area contributed by atoms with Gasteiger partial charge >= 0.3 is 0 Å². The van der Waals surface area contributed by atoms with Gasteiger partial charge in [0.1, 0.15) is 0 Å². The van der Waals surface area contributed by atoms with Gasteiger partial charge in [-0.2, -0.15) is 5.10 Å². The molecule has 2 aromatic carbocycles. The molecular weight excluding hydrogens is 448 g/mol. The Labute approximate surface area is 193 Å². The maximum Gasteiger partial charge on any atom is 0.272 e. The molecule has 2 amide bonds. The Kier molecular flexibility index (Phi) is 6.55. The fraction of sp³-hybridized carbons (Fsp3) is 0.174. The van der Waals surface area contributed by atoms with Crippen molar-refractivity contribution in [2.45, 2.75) is 12.5 Å². The zero-order chi connectivity index (χ0) is 22.7. The SMILES string of the molecule is CNC(=O)c1n[nH]c2cc(-c3ccc(C(=O)NCC[C@H](O)c4ccc(Cl)cc4)s3)ccc12. The summed E-state index contributed by atoms with van der Waals surface area (Å²) in [5, 5.41) is 24.0. The number of aromatic nitrogens is 2. The van der Waals surface area contributed by atoms with Crippen molar-refractivity contribution in [3.8, 4) is 10.4 Å². The molecule has 2 aromatic heterocycles. The van der Waals surface area contributed by atoms with Crippen molar-refractivity contribution in [1.29, 1.82) is 0 Å². The lowest BCUT2D eigenvalue weighted by molar-refractivity contribution is 0.0942. The molecule has 4 rings (SSSR count). The van der Waals surface area contributed by atoms with E-state index in [0.717, 1.165) is 26.9 Å². The fourth-order valence-electron chi connectivity index (χ4n) is 3.34. The predicted octanol–water partition coefficient (Wildman–Crippen LogP) is 4.16. The number of fused-ring (bicyclic) bond motifs is 1. The minimum atomic E-state index is -0.674. The van der Waals surface area contributed by atoms with Crippen LogP contribution in [0.1, 0.15) is 38.2 Å². The number of nitrogens with one attached hydrogen (secondary N) is 3. The van der Waals surface area contributed by atoms with Crippen LogP contribution < -0.4 is 10.6 Å². The van der Waals surface area contributed by atoms with E-state index in [9.17, 15) is 14.7 Å². The average Bonchev–Trinajstić information content (AvgIpc) is 3.46. The van der Waals surface area contributed by atoms with Crippen LogP contribution in [-0.2, 0) is 0 Å². The van der Waals surface area contributed by atoms with Crippen molar-refractivity contribution in [2.24, 2.45) is 0 Å². The highest BCUT2D eigenvalue weighted by Gasteiger charge is 2.15. The van der Waals surface area contributed by atoms with E-state index in [0.29, 0.717) is 28.6 Å². The third kappa shape index (κ3) is 4.67. The van der Waals surface area contributed by atoms with Gasteiger partial charge in [0.15, 0.2) is 5.69 Å². The van der Waals surface area contributed by atoms with Crippen molar-refractivity contribution < 1.29 is 14.7 Å². The van der Waals surface area contributed by atoms with Gasteiger partial charge in [-0.15, -0.1) is 11.3 Å². The number of hydrogen-bond acceptors (Lipinski definition) is 5. The van der Waals surface area contributed by atoms with Crippen molar-refractivity contribution >= 4 is 45.7 Å². The van der Waals surface area contributed by atoms with E-state index in [4.69, 9.17) is 11.6 Å². The Hall–Kier alpha value is -3.20. The number of aliphatic hydroxyl groups is 1. The molecule has 0 aliphatic heterocycles. The molecule has 1 atom stereocenters. The molecule has 7 nitrogen and oxygen atoms in total. The zero-order valence-corrected chi connectivity index (χ0v) is 18.8. The van der Waals surface area contributed by atoms with Crippen LogP contribution in [0.5, 0.6) is 0 Å². The number of benzene rings is 2. The van der Waals surface area contributed by atoms with E-state index in [1.54, 1.807) is 37.4 Å². The number of carbonyl (C=O) groups excluding carboxylic acids is 2. The van der Waals surface area contributed by atoms with Crippen LogP contribution in [0.15, 0.2) is 54.6 Å². The topological polar surface area (TPSA) is 107 Å². The molecule has 164 valence electrons. The second kappa shape index (κ2) is 9.52. The molecule has 0 saturated heterocycles. The number of nitrogens with zero attached hydrogens (tertiary/aromatic N) is 1. The average molecular weight is 469 g/mol. The minimum absolute atomic E-state index is 0.186. The van der Waals surface area contributed by atoms with Gasteiger partial charge in [-0.05, 0) is 53.9 Å². The van der Waals surface area contributed by atoms with Gasteiger partial charge in [-0.1, -0.05) is 29.8 Å². The third-order valence-corrected chi connectivity index (χ3v) is 6.46. The summed E-state index contributed by atoms with van der Waals surface area (Å²) in [6.07, 6.45) is -0.275. The maximum atomic E-state index is 12.5. The second-order valence-electron chi connectivity index (χ2n) is 7.19. The van der Waals surface area contributed by atoms with Crippen molar-refractivity contribution in [3.05, 3.63) is 75.8 Å². The van der Waals surface area contributed by atoms with E-state index in [-0.39, 0.29) is 11.8 Å². The zero-order valence-electron chi connectivity index (χ0n) is 17.2. The largest absolute Gasteiger partial charge is 0.388 e. The van der Waals surface area contributed by atoms with Gasteiger partial charge in [-0.3, -0.25) is 14.7 Å². The summed E-state index contributed by atoms with van der Waals surface area (Å²) in [5.41, 5.74) is 2.78. The third-order valence-electron chi connectivity index (χ3n) is 5.08. The van der Waals surface area contributed by atoms with Crippen LogP contribution in [0.2, 0.25) is 5.02 Å². The number of aromatic amines is 1. The molecule has 0 aliphatic rings. The number of halogens is 1. The molecule has 32 heavy (non-hydrogen) atoms. The molecule has 0 bridgehead atoms. The highest BCUT2D eigenvalue weighted by atomic mass is 35.5. The van der Waals surface area contributed by atoms with Gasteiger partial charge < -0.3 is 15.7 Å². The maximum absolute atomic E-state index is 12.5. The number of carbonyl (C=O) groups is 2. The summed E-state index contributed by atoms with van der Waals surface area (Å²) >= 11 is 7.24. The Morgan fingerprint density at radius 1 is 1.12 bits per heavy atom. The van der Waals surface area contributed by atoms with E-state index in [2.05, 4.69) is 20.8 Å². The molecule has 0 fully saturated rings. The number of thiophene rings is 1. The molecule has 0 spiro atoms. The Morgan fingerprint density at radius 2 is 1.91 bits per heavy atom. The summed E-state index contributed by atoms with van der Waals surface area (Å²) in [6.45, 7) is 0.345. The lowest BCUT2D eigenvalue weighted by Gasteiger charge is -2.11. The van der Waals surface area contributed by atoms with Gasteiger partial charge in [0.2, 0.25) is 0 Å². The second-order valence-corrected chi connectivity index (χ2v) is 8.71. The quantitative estimate of drug-likeness (QED) is 0.326. The molecule has 0 unspecified atom stereocenters. The molecule has 0 aliphatic carbocycles. The highest BCUT2D eigenvalue weighted by Crippen LogP contribution is 2.31. The lowest BCUT2D eigenvalue weighted by atomic mass is 10.1. The summed E-state index contributed by atoms with van der Waals surface area (Å²) in [6, 6.07) is 16.3. The monoisotopic (exact) mass is 468 g/mol. The van der Waals surface area contributed by atoms with Crippen LogP contribution >= 0.6 is 22.9 Å². The first-order valence-corrected chi connectivity index (χ1v) is 11.2. The van der Waals surface area contributed by atoms with Crippen molar-refractivity contribution in [2.75, 3.05) is 13.6 Å². The predicted molar refractivity (Wildman–Crippen MR) is 126 cm³/mol. The van der Waals surface area contributed by atoms with E-state index < -0.39 is 6.10 Å². The standard InChI is InChI=1S/C23H21ClN4O3S/c1-25-23(31)21-16-7-4-14(12-17(16)27-28-21)19-8-9-20(32-19)22(30)26-11-10-18(29)13-2-5-15(24)6-3-13/h2-9,12,18,29H,10-11H2,1H3,(H,25,31)(H,26,30)(H,27,28)/t18-/m0/s1. The smallest absolute Gasteiger partial charge is 0.272 e. The van der Waals surface area contributed by atoms with Crippen molar-refractivity contribution in [1.82, 2.24) is 20.8 Å². The van der Waals surface area contributed by atoms with Gasteiger partial charge in [0.25, 0.3) is 11.8 Å². The molecule has 0 radical (unpaired) electrons. The van der Waals surface area contributed by atoms with Gasteiger partial charge in [-0.25, -0.2) is 0 Å². The van der Waals surface area contributed by atoms with E-state index in [1.165, 1.54) is 11.3 Å². The summed E-state index contributed by atoms with van der Waals surface area (Å²) < 4.78 is 0. The van der Waals surface area contributed by atoms with Crippen LogP contribution in [-0.4, -0.2) is 40.7 Å². The molecule has 4 aromatic rings.